The number of benzene rings is 1. The van der Waals surface area contributed by atoms with Crippen molar-refractivity contribution < 1.29 is 18.3 Å². The Hall–Kier alpha value is -3.23. The Labute approximate surface area is 161 Å². The number of nitrogens with one attached hydrogen (secondary N) is 1. The molecule has 0 bridgehead atoms. The van der Waals surface area contributed by atoms with Crippen LogP contribution in [0.5, 0.6) is 11.5 Å². The molecule has 28 heavy (non-hydrogen) atoms. The van der Waals surface area contributed by atoms with Crippen LogP contribution in [-0.2, 0) is 6.54 Å². The summed E-state index contributed by atoms with van der Waals surface area (Å²) in [5, 5.41) is 0.741. The molecular formula is C19H17BF2N4O2. The van der Waals surface area contributed by atoms with Gasteiger partial charge in [-0.1, -0.05) is 12.0 Å². The zero-order valence-electron chi connectivity index (χ0n) is 15.6. The van der Waals surface area contributed by atoms with Crippen molar-refractivity contribution in [1.29, 1.82) is 0 Å². The summed E-state index contributed by atoms with van der Waals surface area (Å²) in [7, 11) is 10.5. The van der Waals surface area contributed by atoms with Crippen LogP contribution in [0, 0.1) is 11.6 Å². The van der Waals surface area contributed by atoms with Crippen molar-refractivity contribution in [1.82, 2.24) is 9.97 Å². The summed E-state index contributed by atoms with van der Waals surface area (Å²) >= 11 is 0. The fraction of sp³-hybridized carbons (Fsp3) is 0.211. The Kier molecular flexibility index (Phi) is 4.17. The number of hydrogen-bond acceptors (Lipinski definition) is 5. The molecule has 3 heterocycles. The Morgan fingerprint density at radius 1 is 1.18 bits per heavy atom. The first-order chi connectivity index (χ1) is 13.4. The third-order valence-corrected chi connectivity index (χ3v) is 4.96. The molecule has 0 saturated carbocycles. The van der Waals surface area contributed by atoms with Gasteiger partial charge in [0.2, 0.25) is 0 Å². The minimum atomic E-state index is -0.839. The Morgan fingerprint density at radius 2 is 1.82 bits per heavy atom. The molecule has 1 N–H and O–H groups in total. The molecule has 6 nitrogen and oxygen atoms in total. The van der Waals surface area contributed by atoms with Crippen molar-refractivity contribution in [2.75, 3.05) is 31.1 Å². The smallest absolute Gasteiger partial charge is 0.191 e. The van der Waals surface area contributed by atoms with E-state index in [1.807, 2.05) is 0 Å². The molecular weight excluding hydrogens is 365 g/mol. The minimum absolute atomic E-state index is 0.127. The lowest BCUT2D eigenvalue weighted by molar-refractivity contribution is 0.358. The van der Waals surface area contributed by atoms with E-state index in [0.717, 1.165) is 16.6 Å². The number of nitrogens with zero attached hydrogens (tertiary/aromatic N) is 3. The van der Waals surface area contributed by atoms with Crippen LogP contribution in [0.1, 0.15) is 5.56 Å². The van der Waals surface area contributed by atoms with Crippen LogP contribution >= 0.6 is 0 Å². The van der Waals surface area contributed by atoms with E-state index in [4.69, 9.17) is 17.3 Å². The summed E-state index contributed by atoms with van der Waals surface area (Å²) in [6, 6.07) is 1.17. The molecule has 4 rings (SSSR count). The first-order valence-corrected chi connectivity index (χ1v) is 8.43. The van der Waals surface area contributed by atoms with Gasteiger partial charge in [0.25, 0.3) is 0 Å². The number of rotatable bonds is 3. The van der Waals surface area contributed by atoms with E-state index < -0.39 is 11.6 Å². The van der Waals surface area contributed by atoms with Crippen molar-refractivity contribution >= 4 is 35.7 Å². The van der Waals surface area contributed by atoms with E-state index in [1.165, 1.54) is 25.2 Å². The van der Waals surface area contributed by atoms with Gasteiger partial charge >= 0.3 is 0 Å². The predicted octanol–water partition coefficient (Wildman–Crippen LogP) is 2.58. The number of fused-ring (bicyclic) bond motifs is 3. The average Bonchev–Trinajstić information content (AvgIpc) is 3.06. The normalized spacial score (nSPS) is 13.8. The second kappa shape index (κ2) is 6.44. The maximum Gasteiger partial charge on any atom is 0.191 e. The van der Waals surface area contributed by atoms with Gasteiger partial charge in [0.05, 0.1) is 26.5 Å². The van der Waals surface area contributed by atoms with Crippen LogP contribution in [0.2, 0.25) is 0 Å². The number of aromatic nitrogens is 2. The maximum absolute atomic E-state index is 15.0. The minimum Gasteiger partial charge on any atom is -0.493 e. The number of pyridine rings is 1. The molecule has 0 atom stereocenters. The molecule has 2 aromatic heterocycles. The van der Waals surface area contributed by atoms with Gasteiger partial charge in [-0.2, -0.15) is 0 Å². The third-order valence-electron chi connectivity index (χ3n) is 4.96. The van der Waals surface area contributed by atoms with E-state index in [0.29, 0.717) is 16.9 Å². The number of aromatic amines is 1. The Bertz CT molecular complexity index is 1090. The highest BCUT2D eigenvalue weighted by Crippen LogP contribution is 2.43. The Balaban J connectivity index is 1.92. The van der Waals surface area contributed by atoms with Gasteiger partial charge in [-0.3, -0.25) is 0 Å². The van der Waals surface area contributed by atoms with Crippen LogP contribution < -0.4 is 24.7 Å². The highest BCUT2D eigenvalue weighted by atomic mass is 19.1. The summed E-state index contributed by atoms with van der Waals surface area (Å²) in [6.45, 7) is 4.18. The summed E-state index contributed by atoms with van der Waals surface area (Å²) in [5.74, 6) is -1.56. The lowest BCUT2D eigenvalue weighted by atomic mass is 9.93. The van der Waals surface area contributed by atoms with E-state index >= 15 is 8.78 Å². The Morgan fingerprint density at radius 3 is 2.43 bits per heavy atom. The van der Waals surface area contributed by atoms with Crippen molar-refractivity contribution in [2.45, 2.75) is 6.54 Å². The van der Waals surface area contributed by atoms with Crippen LogP contribution in [0.3, 0.4) is 0 Å². The van der Waals surface area contributed by atoms with E-state index in [-0.39, 0.29) is 23.7 Å². The molecule has 3 aromatic rings. The van der Waals surface area contributed by atoms with Gasteiger partial charge in [0.15, 0.2) is 23.1 Å². The molecule has 0 aliphatic carbocycles. The topological polar surface area (TPSA) is 53.6 Å². The molecule has 0 spiro atoms. The maximum atomic E-state index is 15.0. The van der Waals surface area contributed by atoms with Gasteiger partial charge in [0, 0.05) is 30.3 Å². The fourth-order valence-corrected chi connectivity index (χ4v) is 3.53. The largest absolute Gasteiger partial charge is 0.493 e. The molecule has 1 aliphatic heterocycles. The van der Waals surface area contributed by atoms with Crippen molar-refractivity contribution in [2.24, 2.45) is 0 Å². The number of halogens is 2. The number of anilines is 2. The van der Waals surface area contributed by atoms with Gasteiger partial charge < -0.3 is 24.3 Å². The number of H-pyrrole nitrogens is 1. The van der Waals surface area contributed by atoms with Crippen molar-refractivity contribution in [3.8, 4) is 11.5 Å². The zero-order chi connectivity index (χ0) is 20.2. The number of ether oxygens (including phenoxy) is 2. The average molecular weight is 382 g/mol. The highest BCUT2D eigenvalue weighted by molar-refractivity contribution is 6.40. The molecule has 142 valence electrons. The van der Waals surface area contributed by atoms with Gasteiger partial charge in [0.1, 0.15) is 25.0 Å². The van der Waals surface area contributed by atoms with Crippen molar-refractivity contribution in [3.63, 3.8) is 0 Å². The zero-order valence-corrected chi connectivity index (χ0v) is 15.6. The van der Waals surface area contributed by atoms with E-state index in [2.05, 4.69) is 16.5 Å². The van der Waals surface area contributed by atoms with E-state index in [1.54, 1.807) is 24.3 Å². The van der Waals surface area contributed by atoms with E-state index in [9.17, 15) is 0 Å². The molecule has 0 fully saturated rings. The molecule has 0 saturated heterocycles. The molecule has 9 heteroatoms. The van der Waals surface area contributed by atoms with Crippen LogP contribution in [0.25, 0.3) is 11.0 Å². The summed E-state index contributed by atoms with van der Waals surface area (Å²) in [5.41, 5.74) is 2.40. The second-order valence-corrected chi connectivity index (χ2v) is 6.42. The molecule has 0 amide bonds. The second-order valence-electron chi connectivity index (χ2n) is 6.42. The fourth-order valence-electron chi connectivity index (χ4n) is 3.53. The van der Waals surface area contributed by atoms with Crippen LogP contribution in [-0.4, -0.2) is 39.1 Å². The monoisotopic (exact) mass is 382 g/mol. The third kappa shape index (κ3) is 2.42. The molecule has 1 aliphatic rings. The SMILES string of the molecule is [B]c1c[nH]c2ncc3c(c12)N(C)C(=C)N(c1c(F)c(OC)cc(OC)c1F)C3. The molecule has 1 aromatic carbocycles. The molecule has 0 unspecified atom stereocenters. The standard InChI is InChI=1S/C19H17BF2N4O2/c1-9-25(2)17-10(6-23-19-14(17)11(20)7-24-19)8-26(9)18-15(21)12(27-3)5-13(28-4)16(18)22/h5-7H,1,8H2,2-4H3,(H,23,24). The number of hydrogen-bond donors (Lipinski definition) is 1. The quantitative estimate of drug-likeness (QED) is 0.706. The summed E-state index contributed by atoms with van der Waals surface area (Å²) in [6.07, 6.45) is 3.31. The predicted molar refractivity (Wildman–Crippen MR) is 105 cm³/mol. The van der Waals surface area contributed by atoms with Crippen molar-refractivity contribution in [3.05, 3.63) is 48.1 Å². The number of methoxy groups -OCH3 is 2. The molecule has 2 radical (unpaired) electrons. The van der Waals surface area contributed by atoms with Gasteiger partial charge in [-0.25, -0.2) is 13.8 Å². The lowest BCUT2D eigenvalue weighted by Crippen LogP contribution is -2.39. The van der Waals surface area contributed by atoms with Crippen LogP contribution in [0.4, 0.5) is 20.2 Å². The first kappa shape index (κ1) is 18.2. The summed E-state index contributed by atoms with van der Waals surface area (Å²) < 4.78 is 40.1. The summed E-state index contributed by atoms with van der Waals surface area (Å²) in [4.78, 5) is 10.5. The van der Waals surface area contributed by atoms with Gasteiger partial charge in [-0.05, 0) is 6.20 Å². The lowest BCUT2D eigenvalue weighted by Gasteiger charge is -2.39. The highest BCUT2D eigenvalue weighted by Gasteiger charge is 2.33. The van der Waals surface area contributed by atoms with Gasteiger partial charge in [-0.15, -0.1) is 0 Å². The van der Waals surface area contributed by atoms with Crippen LogP contribution in [0.15, 0.2) is 30.9 Å². The first-order valence-electron chi connectivity index (χ1n) is 8.43.